The second-order valence-electron chi connectivity index (χ2n) is 6.65. The molecule has 1 heterocycles. The first-order valence-corrected chi connectivity index (χ1v) is 8.12. The van der Waals surface area contributed by atoms with Crippen molar-refractivity contribution in [3.63, 3.8) is 0 Å². The summed E-state index contributed by atoms with van der Waals surface area (Å²) in [5.41, 5.74) is 2.18. The molecule has 2 rings (SSSR count). The fourth-order valence-corrected chi connectivity index (χ4v) is 2.80. The fraction of sp³-hybridized carbons (Fsp3) is 0.556. The summed E-state index contributed by atoms with van der Waals surface area (Å²) in [6.07, 6.45) is 0.969. The summed E-state index contributed by atoms with van der Waals surface area (Å²) in [7, 11) is 0. The van der Waals surface area contributed by atoms with E-state index in [0.717, 1.165) is 12.0 Å². The first kappa shape index (κ1) is 17.5. The van der Waals surface area contributed by atoms with Crippen LogP contribution in [0.4, 0.5) is 0 Å². The third kappa shape index (κ3) is 4.79. The Kier molecular flexibility index (Phi) is 5.77. The molecule has 0 aliphatic carbocycles. The lowest BCUT2D eigenvalue weighted by molar-refractivity contribution is -0.150. The van der Waals surface area contributed by atoms with E-state index in [1.54, 1.807) is 0 Å². The van der Waals surface area contributed by atoms with Crippen LogP contribution in [0.15, 0.2) is 24.3 Å². The molecule has 1 aliphatic rings. The number of aliphatic carboxylic acids is 1. The summed E-state index contributed by atoms with van der Waals surface area (Å²) in [4.78, 5) is 23.1. The van der Waals surface area contributed by atoms with Gasteiger partial charge in [-0.2, -0.15) is 0 Å². The van der Waals surface area contributed by atoms with Crippen LogP contribution in [0.25, 0.3) is 0 Å². The minimum absolute atomic E-state index is 0.306. The van der Waals surface area contributed by atoms with Crippen molar-refractivity contribution in [2.75, 3.05) is 6.54 Å². The van der Waals surface area contributed by atoms with Gasteiger partial charge in [-0.05, 0) is 30.4 Å². The number of hydrogen-bond acceptors (Lipinski definition) is 4. The van der Waals surface area contributed by atoms with Crippen molar-refractivity contribution >= 4 is 11.9 Å². The summed E-state index contributed by atoms with van der Waals surface area (Å²) < 4.78 is 5.44. The van der Waals surface area contributed by atoms with Gasteiger partial charge in [-0.15, -0.1) is 0 Å². The molecule has 1 unspecified atom stereocenters. The highest BCUT2D eigenvalue weighted by Gasteiger charge is 2.32. The number of hydrogen-bond donors (Lipinski definition) is 2. The summed E-state index contributed by atoms with van der Waals surface area (Å²) in [5, 5.41) is 11.8. The van der Waals surface area contributed by atoms with Crippen LogP contribution < -0.4 is 5.32 Å². The van der Waals surface area contributed by atoms with Crippen LogP contribution in [-0.2, 0) is 20.7 Å². The molecule has 0 spiro atoms. The molecule has 5 nitrogen and oxygen atoms in total. The molecule has 1 aromatic rings. The van der Waals surface area contributed by atoms with Gasteiger partial charge in [-0.1, -0.05) is 38.1 Å². The molecule has 0 aromatic heterocycles. The zero-order valence-corrected chi connectivity index (χ0v) is 13.9. The average molecular weight is 319 g/mol. The highest BCUT2D eigenvalue weighted by atomic mass is 16.5. The molecule has 126 valence electrons. The number of carboxylic acids is 1. The number of rotatable bonds is 6. The topological polar surface area (TPSA) is 75.6 Å². The van der Waals surface area contributed by atoms with Crippen molar-refractivity contribution < 1.29 is 19.4 Å². The predicted molar refractivity (Wildman–Crippen MR) is 87.3 cm³/mol. The molecule has 3 atom stereocenters. The van der Waals surface area contributed by atoms with Crippen LogP contribution in [0.5, 0.6) is 0 Å². The highest BCUT2D eigenvalue weighted by molar-refractivity contribution is 5.78. The Labute approximate surface area is 137 Å². The van der Waals surface area contributed by atoms with Crippen molar-refractivity contribution in [1.82, 2.24) is 5.32 Å². The number of ether oxygens (including phenoxy) is 1. The largest absolute Gasteiger partial charge is 0.480 e. The first-order chi connectivity index (χ1) is 10.9. The minimum atomic E-state index is -0.905. The zero-order chi connectivity index (χ0) is 17.0. The first-order valence-electron chi connectivity index (χ1n) is 8.12. The molecular weight excluding hydrogens is 294 g/mol. The Bertz CT molecular complexity index is 553. The summed E-state index contributed by atoms with van der Waals surface area (Å²) in [6, 6.07) is 7.42. The summed E-state index contributed by atoms with van der Waals surface area (Å²) in [5.74, 6) is -0.968. The molecule has 1 aliphatic heterocycles. The molecule has 1 saturated heterocycles. The standard InChI is InChI=1S/C18H25NO4/c1-11(2)8-13-4-6-14(7-5-13)12(3)18(22)23-15-9-16(17(20)21)19-10-15/h4-7,11-12,15-16,19H,8-10H2,1-3H3,(H,20,21)/t12?,15-,16+/m1/s1. The Balaban J connectivity index is 1.91. The number of carbonyl (C=O) groups is 2. The van der Waals surface area contributed by atoms with Gasteiger partial charge in [0.05, 0.1) is 5.92 Å². The molecule has 5 heteroatoms. The number of esters is 1. The molecule has 1 aromatic carbocycles. The smallest absolute Gasteiger partial charge is 0.320 e. The SMILES string of the molecule is CC(C)Cc1ccc(C(C)C(=O)O[C@H]2CN[C@H](C(=O)O)C2)cc1. The quantitative estimate of drug-likeness (QED) is 0.787. The molecule has 1 fully saturated rings. The lowest BCUT2D eigenvalue weighted by atomic mass is 9.97. The maximum Gasteiger partial charge on any atom is 0.320 e. The molecule has 0 amide bonds. The van der Waals surface area contributed by atoms with Gasteiger partial charge >= 0.3 is 11.9 Å². The maximum absolute atomic E-state index is 12.2. The third-order valence-corrected chi connectivity index (χ3v) is 4.15. The monoisotopic (exact) mass is 319 g/mol. The van der Waals surface area contributed by atoms with Crippen molar-refractivity contribution in [2.24, 2.45) is 5.92 Å². The van der Waals surface area contributed by atoms with Gasteiger partial charge in [-0.3, -0.25) is 9.59 Å². The zero-order valence-electron chi connectivity index (χ0n) is 13.9. The molecular formula is C18H25NO4. The second-order valence-corrected chi connectivity index (χ2v) is 6.65. The number of carboxylic acid groups (broad SMARTS) is 1. The lowest BCUT2D eigenvalue weighted by Gasteiger charge is -2.16. The Hall–Kier alpha value is -1.88. The fourth-order valence-electron chi connectivity index (χ4n) is 2.80. The van der Waals surface area contributed by atoms with Gasteiger partial charge in [0.2, 0.25) is 0 Å². The third-order valence-electron chi connectivity index (χ3n) is 4.15. The molecule has 23 heavy (non-hydrogen) atoms. The number of nitrogens with one attached hydrogen (secondary N) is 1. The van der Waals surface area contributed by atoms with Gasteiger partial charge < -0.3 is 15.2 Å². The maximum atomic E-state index is 12.2. The van der Waals surface area contributed by atoms with Gasteiger partial charge in [0.15, 0.2) is 0 Å². The van der Waals surface area contributed by atoms with E-state index in [2.05, 4.69) is 31.3 Å². The van der Waals surface area contributed by atoms with Crippen LogP contribution >= 0.6 is 0 Å². The summed E-state index contributed by atoms with van der Waals surface area (Å²) in [6.45, 7) is 6.56. The molecule has 0 bridgehead atoms. The molecule has 0 radical (unpaired) electrons. The van der Waals surface area contributed by atoms with E-state index in [0.29, 0.717) is 18.9 Å². The van der Waals surface area contributed by atoms with E-state index in [1.807, 2.05) is 19.1 Å². The van der Waals surface area contributed by atoms with Crippen LogP contribution in [0.2, 0.25) is 0 Å². The molecule has 2 N–H and O–H groups in total. The normalized spacial score (nSPS) is 22.1. The van der Waals surface area contributed by atoms with Gasteiger partial charge in [0.1, 0.15) is 12.1 Å². The second kappa shape index (κ2) is 7.59. The predicted octanol–water partition coefficient (Wildman–Crippen LogP) is 2.35. The van der Waals surface area contributed by atoms with Crippen LogP contribution in [0, 0.1) is 5.92 Å². The lowest BCUT2D eigenvalue weighted by Crippen LogP contribution is -2.30. The number of benzene rings is 1. The van der Waals surface area contributed by atoms with Gasteiger partial charge in [0.25, 0.3) is 0 Å². The minimum Gasteiger partial charge on any atom is -0.480 e. The average Bonchev–Trinajstić information content (AvgIpc) is 2.95. The Morgan fingerprint density at radius 3 is 2.43 bits per heavy atom. The van der Waals surface area contributed by atoms with E-state index in [1.165, 1.54) is 5.56 Å². The van der Waals surface area contributed by atoms with Crippen LogP contribution in [0.1, 0.15) is 44.2 Å². The van der Waals surface area contributed by atoms with Gasteiger partial charge in [0, 0.05) is 13.0 Å². The van der Waals surface area contributed by atoms with Crippen molar-refractivity contribution in [2.45, 2.75) is 51.7 Å². The molecule has 0 saturated carbocycles. The van der Waals surface area contributed by atoms with E-state index in [4.69, 9.17) is 9.84 Å². The van der Waals surface area contributed by atoms with Crippen LogP contribution in [0.3, 0.4) is 0 Å². The van der Waals surface area contributed by atoms with E-state index >= 15 is 0 Å². The van der Waals surface area contributed by atoms with Crippen molar-refractivity contribution in [3.05, 3.63) is 35.4 Å². The van der Waals surface area contributed by atoms with Crippen molar-refractivity contribution in [1.29, 1.82) is 0 Å². The van der Waals surface area contributed by atoms with Gasteiger partial charge in [-0.25, -0.2) is 0 Å². The van der Waals surface area contributed by atoms with E-state index < -0.39 is 12.0 Å². The van der Waals surface area contributed by atoms with E-state index in [-0.39, 0.29) is 18.0 Å². The Morgan fingerprint density at radius 2 is 1.91 bits per heavy atom. The van der Waals surface area contributed by atoms with Crippen LogP contribution in [-0.4, -0.2) is 35.7 Å². The van der Waals surface area contributed by atoms with E-state index in [9.17, 15) is 9.59 Å². The van der Waals surface area contributed by atoms with Crippen molar-refractivity contribution in [3.8, 4) is 0 Å². The highest BCUT2D eigenvalue weighted by Crippen LogP contribution is 2.21. The Morgan fingerprint density at radius 1 is 1.26 bits per heavy atom. The summed E-state index contributed by atoms with van der Waals surface area (Å²) >= 11 is 0. The number of carbonyl (C=O) groups excluding carboxylic acids is 1.